The van der Waals surface area contributed by atoms with E-state index in [-0.39, 0.29) is 5.91 Å². The van der Waals surface area contributed by atoms with E-state index in [1.165, 1.54) is 25.7 Å². The lowest BCUT2D eigenvalue weighted by Gasteiger charge is -2.41. The molecule has 1 aliphatic carbocycles. The van der Waals surface area contributed by atoms with E-state index in [2.05, 4.69) is 29.8 Å². The third kappa shape index (κ3) is 5.75. The number of hydrogen-bond donors (Lipinski definition) is 3. The van der Waals surface area contributed by atoms with Crippen LogP contribution < -0.4 is 16.0 Å². The van der Waals surface area contributed by atoms with Crippen LogP contribution in [0.2, 0.25) is 0 Å². The minimum atomic E-state index is -0.0161. The van der Waals surface area contributed by atoms with Crippen molar-refractivity contribution in [1.82, 2.24) is 16.0 Å². The van der Waals surface area contributed by atoms with Crippen molar-refractivity contribution in [1.29, 1.82) is 0 Å². The minimum Gasteiger partial charge on any atom is -0.357 e. The molecule has 0 atom stereocenters. The van der Waals surface area contributed by atoms with Crippen LogP contribution in [0.1, 0.15) is 68.8 Å². The van der Waals surface area contributed by atoms with Crippen molar-refractivity contribution in [2.45, 2.75) is 59.4 Å². The van der Waals surface area contributed by atoms with E-state index in [9.17, 15) is 4.79 Å². The molecule has 1 saturated carbocycles. The number of carbonyl (C=O) groups excluding carboxylic acids is 1. The fourth-order valence-corrected chi connectivity index (χ4v) is 3.27. The first-order valence-corrected chi connectivity index (χ1v) is 10.0. The van der Waals surface area contributed by atoms with E-state index in [1.54, 1.807) is 0 Å². The first-order valence-electron chi connectivity index (χ1n) is 10.0. The van der Waals surface area contributed by atoms with E-state index >= 15 is 0 Å². The average molecular weight is 359 g/mol. The molecule has 1 aromatic rings. The molecule has 5 nitrogen and oxygen atoms in total. The number of nitrogens with zero attached hydrogens (tertiary/aromatic N) is 1. The van der Waals surface area contributed by atoms with Crippen molar-refractivity contribution in [3.63, 3.8) is 0 Å². The molecule has 2 rings (SSSR count). The normalized spacial score (nSPS) is 15.9. The third-order valence-electron chi connectivity index (χ3n) is 5.28. The summed E-state index contributed by atoms with van der Waals surface area (Å²) in [6.07, 6.45) is 6.12. The van der Waals surface area contributed by atoms with E-state index in [0.29, 0.717) is 24.1 Å². The third-order valence-corrected chi connectivity index (χ3v) is 5.28. The molecule has 1 amide bonds. The van der Waals surface area contributed by atoms with Gasteiger partial charge in [0.05, 0.1) is 6.54 Å². The Labute approximate surface area is 158 Å². The molecule has 1 aromatic carbocycles. The topological polar surface area (TPSA) is 65.5 Å². The van der Waals surface area contributed by atoms with Crippen molar-refractivity contribution in [2.75, 3.05) is 19.6 Å². The molecule has 0 bridgehead atoms. The van der Waals surface area contributed by atoms with Gasteiger partial charge in [0, 0.05) is 25.2 Å². The highest BCUT2D eigenvalue weighted by atomic mass is 16.1. The predicted molar refractivity (Wildman–Crippen MR) is 108 cm³/mol. The van der Waals surface area contributed by atoms with Crippen molar-refractivity contribution in [3.8, 4) is 0 Å². The molecule has 1 fully saturated rings. The molecule has 0 heterocycles. The largest absolute Gasteiger partial charge is 0.357 e. The Morgan fingerprint density at radius 3 is 2.58 bits per heavy atom. The Morgan fingerprint density at radius 2 is 1.96 bits per heavy atom. The molecule has 5 heteroatoms. The molecule has 26 heavy (non-hydrogen) atoms. The molecule has 1 aliphatic rings. The van der Waals surface area contributed by atoms with Crippen LogP contribution in [0.3, 0.4) is 0 Å². The van der Waals surface area contributed by atoms with Gasteiger partial charge < -0.3 is 16.0 Å². The van der Waals surface area contributed by atoms with Gasteiger partial charge in [-0.2, -0.15) is 0 Å². The SMILES string of the molecule is CCCNC(=O)c1cccc(CN=C(NCC)NCC2(CC)CCC2)c1. The molecule has 144 valence electrons. The van der Waals surface area contributed by atoms with Gasteiger partial charge in [0.15, 0.2) is 5.96 Å². The number of guanidine groups is 1. The molecular weight excluding hydrogens is 324 g/mol. The lowest BCUT2D eigenvalue weighted by Crippen LogP contribution is -2.46. The smallest absolute Gasteiger partial charge is 0.251 e. The van der Waals surface area contributed by atoms with Gasteiger partial charge in [-0.15, -0.1) is 0 Å². The zero-order valence-corrected chi connectivity index (χ0v) is 16.5. The van der Waals surface area contributed by atoms with Crippen LogP contribution in [0.4, 0.5) is 0 Å². The summed E-state index contributed by atoms with van der Waals surface area (Å²) in [4.78, 5) is 16.8. The predicted octanol–water partition coefficient (Wildman–Crippen LogP) is 3.46. The molecule has 3 N–H and O–H groups in total. The number of nitrogens with one attached hydrogen (secondary N) is 3. The molecule has 0 unspecified atom stereocenters. The second-order valence-electron chi connectivity index (χ2n) is 7.21. The number of amides is 1. The summed E-state index contributed by atoms with van der Waals surface area (Å²) < 4.78 is 0. The highest BCUT2D eigenvalue weighted by Gasteiger charge is 2.34. The van der Waals surface area contributed by atoms with Gasteiger partial charge >= 0.3 is 0 Å². The van der Waals surface area contributed by atoms with Gasteiger partial charge in [-0.05, 0) is 55.7 Å². The molecule has 0 aromatic heterocycles. The maximum atomic E-state index is 12.1. The average Bonchev–Trinajstić information content (AvgIpc) is 2.63. The van der Waals surface area contributed by atoms with Gasteiger partial charge in [0.25, 0.3) is 5.91 Å². The standard InChI is InChI=1S/C21H34N4O/c1-4-13-23-19(26)18-10-7-9-17(14-18)15-24-20(22-6-3)25-16-21(5-2)11-8-12-21/h7,9-10,14H,4-6,8,11-13,15-16H2,1-3H3,(H,23,26)(H2,22,24,25). The van der Waals surface area contributed by atoms with Crippen LogP contribution >= 0.6 is 0 Å². The Balaban J connectivity index is 1.96. The summed E-state index contributed by atoms with van der Waals surface area (Å²) >= 11 is 0. The quantitative estimate of drug-likeness (QED) is 0.468. The van der Waals surface area contributed by atoms with Crippen LogP contribution in [0.15, 0.2) is 29.3 Å². The Hall–Kier alpha value is -2.04. The van der Waals surface area contributed by atoms with Gasteiger partial charge in [-0.1, -0.05) is 32.4 Å². The van der Waals surface area contributed by atoms with Crippen LogP contribution in [-0.4, -0.2) is 31.5 Å². The lowest BCUT2D eigenvalue weighted by molar-refractivity contribution is 0.0953. The fraction of sp³-hybridized carbons (Fsp3) is 0.619. The monoisotopic (exact) mass is 358 g/mol. The Bertz CT molecular complexity index is 602. The van der Waals surface area contributed by atoms with Crippen LogP contribution in [0, 0.1) is 5.41 Å². The number of benzene rings is 1. The molecule has 0 aliphatic heterocycles. The maximum Gasteiger partial charge on any atom is 0.251 e. The highest BCUT2D eigenvalue weighted by molar-refractivity contribution is 5.94. The number of hydrogen-bond acceptors (Lipinski definition) is 2. The van der Waals surface area contributed by atoms with E-state index in [0.717, 1.165) is 31.0 Å². The van der Waals surface area contributed by atoms with Gasteiger partial charge in [0.1, 0.15) is 0 Å². The summed E-state index contributed by atoms with van der Waals surface area (Å²) in [5.74, 6) is 0.839. The summed E-state index contributed by atoms with van der Waals surface area (Å²) in [7, 11) is 0. The molecular formula is C21H34N4O. The molecule has 0 spiro atoms. The van der Waals surface area contributed by atoms with Gasteiger partial charge in [-0.25, -0.2) is 4.99 Å². The number of aliphatic imine (C=N–C) groups is 1. The molecule has 0 radical (unpaired) electrons. The maximum absolute atomic E-state index is 12.1. The van der Waals surface area contributed by atoms with E-state index in [1.807, 2.05) is 31.2 Å². The highest BCUT2D eigenvalue weighted by Crippen LogP contribution is 2.42. The first kappa shape index (κ1) is 20.3. The van der Waals surface area contributed by atoms with Crippen molar-refractivity contribution in [2.24, 2.45) is 10.4 Å². The fourth-order valence-electron chi connectivity index (χ4n) is 3.27. The van der Waals surface area contributed by atoms with Gasteiger partial charge in [0.2, 0.25) is 0 Å². The lowest BCUT2D eigenvalue weighted by atomic mass is 9.67. The summed E-state index contributed by atoms with van der Waals surface area (Å²) in [5, 5.41) is 9.75. The summed E-state index contributed by atoms with van der Waals surface area (Å²) in [6, 6.07) is 7.72. The van der Waals surface area contributed by atoms with Crippen LogP contribution in [0.5, 0.6) is 0 Å². The Kier molecular flexibility index (Phi) is 7.95. The van der Waals surface area contributed by atoms with E-state index < -0.39 is 0 Å². The van der Waals surface area contributed by atoms with Crippen LogP contribution in [-0.2, 0) is 6.54 Å². The number of carbonyl (C=O) groups is 1. The zero-order chi connectivity index (χ0) is 18.8. The Morgan fingerprint density at radius 1 is 1.15 bits per heavy atom. The van der Waals surface area contributed by atoms with E-state index in [4.69, 9.17) is 4.99 Å². The van der Waals surface area contributed by atoms with Crippen molar-refractivity contribution in [3.05, 3.63) is 35.4 Å². The van der Waals surface area contributed by atoms with Gasteiger partial charge in [-0.3, -0.25) is 4.79 Å². The summed E-state index contributed by atoms with van der Waals surface area (Å²) in [5.41, 5.74) is 2.19. The first-order chi connectivity index (χ1) is 12.6. The van der Waals surface area contributed by atoms with Crippen molar-refractivity contribution < 1.29 is 4.79 Å². The van der Waals surface area contributed by atoms with Crippen LogP contribution in [0.25, 0.3) is 0 Å². The number of rotatable bonds is 9. The summed E-state index contributed by atoms with van der Waals surface area (Å²) in [6.45, 7) is 9.49. The zero-order valence-electron chi connectivity index (χ0n) is 16.5. The second-order valence-corrected chi connectivity index (χ2v) is 7.21. The minimum absolute atomic E-state index is 0.0161. The molecule has 0 saturated heterocycles. The van der Waals surface area contributed by atoms with Crippen molar-refractivity contribution >= 4 is 11.9 Å². The second kappa shape index (κ2) is 10.2.